The first-order valence-electron chi connectivity index (χ1n) is 33.6. The summed E-state index contributed by atoms with van der Waals surface area (Å²) in [6.07, 6.45) is 16.8. The maximum absolute atomic E-state index is 12.2. The molecule has 0 unspecified atom stereocenters. The highest BCUT2D eigenvalue weighted by Gasteiger charge is 2.23. The third-order valence-electron chi connectivity index (χ3n) is 18.2. The standard InChI is InChI=1S/C28H28N4O.C27H27ClN4O.C26H30N4O/c1-19-9-11-22(12-10-19)13-14-25-28(29-18-23-7-5-4-6-8-23)32-16-15-24(17-26(32)30-25)27-20(2)31-33-21(27)3;1-17-4-6-20(7-5-17)8-13-24-27(30-23-11-9-22(28)10-12-23)32-15-14-21(16-25(32)31-24)26(18(2)29)19(3)33;1-17-9-11-20(12-10-17)15-23-26(27-22-7-5-4-6-8-22)30-14-13-21(16-24(30)28-23)25-18(2)29-31-19(25)3/h4-12,15-17,29H,13-14,18H2,1-3H3;4-7,9-12,14-16,30H,8,13,29H2,1-3H3;9-14,16,22,27H,4-8,15H2,1-3H3. The Morgan fingerprint density at radius 1 is 0.526 bits per heavy atom. The number of pyridine rings is 3. The van der Waals surface area contributed by atoms with Crippen LogP contribution in [0.2, 0.25) is 5.02 Å². The summed E-state index contributed by atoms with van der Waals surface area (Å²) in [7, 11) is 0. The molecule has 0 atom stereocenters. The van der Waals surface area contributed by atoms with Crippen LogP contribution in [0.5, 0.6) is 0 Å². The number of Topliss-reactive ketones (excluding diaryl/α,β-unsaturated/α-hetero) is 1. The number of nitrogens with two attached hydrogens (primary N) is 1. The number of allylic oxidation sites excluding steroid dienone is 2. The first-order chi connectivity index (χ1) is 47.0. The van der Waals surface area contributed by atoms with Crippen molar-refractivity contribution in [2.75, 3.05) is 16.0 Å². The van der Waals surface area contributed by atoms with Gasteiger partial charge in [-0.2, -0.15) is 0 Å². The van der Waals surface area contributed by atoms with Crippen molar-refractivity contribution in [3.63, 3.8) is 0 Å². The Balaban J connectivity index is 0.000000139. The average molecular weight is 1310 g/mol. The highest BCUT2D eigenvalue weighted by molar-refractivity contribution is 6.30. The van der Waals surface area contributed by atoms with Crippen LogP contribution < -0.4 is 21.7 Å². The summed E-state index contributed by atoms with van der Waals surface area (Å²) in [6, 6.07) is 57.0. The van der Waals surface area contributed by atoms with Crippen LogP contribution in [0.3, 0.4) is 0 Å². The van der Waals surface area contributed by atoms with E-state index in [1.807, 2.05) is 80.8 Å². The van der Waals surface area contributed by atoms with E-state index in [2.05, 4.69) is 190 Å². The molecule has 1 fully saturated rings. The zero-order valence-electron chi connectivity index (χ0n) is 56.9. The molecule has 5 aromatic carbocycles. The highest BCUT2D eigenvalue weighted by atomic mass is 35.5. The lowest BCUT2D eigenvalue weighted by Gasteiger charge is -2.24. The zero-order chi connectivity index (χ0) is 67.7. The smallest absolute Gasteiger partial charge is 0.162 e. The Kier molecular flexibility index (Phi) is 20.6. The number of benzene rings is 5. The fourth-order valence-corrected chi connectivity index (χ4v) is 13.1. The van der Waals surface area contributed by atoms with E-state index in [-0.39, 0.29) is 5.78 Å². The lowest BCUT2D eigenvalue weighted by atomic mass is 9.95. The van der Waals surface area contributed by atoms with E-state index in [1.54, 1.807) is 6.92 Å². The van der Waals surface area contributed by atoms with Crippen molar-refractivity contribution in [2.45, 2.75) is 139 Å². The zero-order valence-corrected chi connectivity index (χ0v) is 57.7. The van der Waals surface area contributed by atoms with Gasteiger partial charge in [0, 0.05) is 70.7 Å². The molecule has 15 nitrogen and oxygen atoms in total. The number of hydrogen-bond acceptors (Lipinski definition) is 12. The Hall–Kier alpha value is -10.5. The molecule has 14 rings (SSSR count). The van der Waals surface area contributed by atoms with E-state index in [4.69, 9.17) is 41.3 Å². The number of aryl methyl sites for hydroxylation is 11. The van der Waals surface area contributed by atoms with E-state index >= 15 is 0 Å². The van der Waals surface area contributed by atoms with Crippen LogP contribution in [0.15, 0.2) is 197 Å². The molecule has 1 aliphatic carbocycles. The van der Waals surface area contributed by atoms with Crippen LogP contribution in [-0.2, 0) is 43.4 Å². The summed E-state index contributed by atoms with van der Waals surface area (Å²) in [5.74, 6) is 4.67. The van der Waals surface area contributed by atoms with Gasteiger partial charge in [-0.25, -0.2) is 15.0 Å². The Morgan fingerprint density at radius 3 is 1.53 bits per heavy atom. The van der Waals surface area contributed by atoms with Crippen LogP contribution in [-0.4, -0.2) is 50.3 Å². The van der Waals surface area contributed by atoms with E-state index in [1.165, 1.54) is 78.0 Å². The molecule has 1 aliphatic rings. The van der Waals surface area contributed by atoms with Gasteiger partial charge in [0.15, 0.2) is 5.78 Å². The van der Waals surface area contributed by atoms with Gasteiger partial charge in [0.05, 0.1) is 28.5 Å². The van der Waals surface area contributed by atoms with Gasteiger partial charge >= 0.3 is 0 Å². The molecule has 494 valence electrons. The van der Waals surface area contributed by atoms with Crippen molar-refractivity contribution in [3.05, 3.63) is 278 Å². The molecule has 8 aromatic heterocycles. The quantitative estimate of drug-likeness (QED) is 0.0563. The van der Waals surface area contributed by atoms with Crippen molar-refractivity contribution in [3.8, 4) is 22.3 Å². The van der Waals surface area contributed by atoms with Gasteiger partial charge in [-0.15, -0.1) is 0 Å². The summed E-state index contributed by atoms with van der Waals surface area (Å²) < 4.78 is 17.1. The average Bonchev–Trinajstić information content (AvgIpc) is 1.65. The van der Waals surface area contributed by atoms with Gasteiger partial charge in [0.2, 0.25) is 0 Å². The summed E-state index contributed by atoms with van der Waals surface area (Å²) in [6.45, 7) is 18.2. The van der Waals surface area contributed by atoms with E-state index in [0.29, 0.717) is 22.3 Å². The van der Waals surface area contributed by atoms with Crippen molar-refractivity contribution >= 4 is 63.0 Å². The highest BCUT2D eigenvalue weighted by Crippen LogP contribution is 2.34. The van der Waals surface area contributed by atoms with Gasteiger partial charge in [0.1, 0.15) is 45.9 Å². The van der Waals surface area contributed by atoms with Crippen molar-refractivity contribution < 1.29 is 13.8 Å². The molecular weight excluding hydrogens is 1220 g/mol. The van der Waals surface area contributed by atoms with Gasteiger partial charge in [-0.1, -0.05) is 161 Å². The lowest BCUT2D eigenvalue weighted by molar-refractivity contribution is -0.111. The van der Waals surface area contributed by atoms with E-state index in [9.17, 15) is 4.79 Å². The van der Waals surface area contributed by atoms with E-state index in [0.717, 1.165) is 147 Å². The molecule has 0 bridgehead atoms. The molecule has 16 heteroatoms. The van der Waals surface area contributed by atoms with Crippen molar-refractivity contribution in [1.82, 2.24) is 38.5 Å². The first-order valence-corrected chi connectivity index (χ1v) is 34.0. The number of hydrogen-bond donors (Lipinski definition) is 4. The third kappa shape index (κ3) is 15.9. The molecule has 97 heavy (non-hydrogen) atoms. The van der Waals surface area contributed by atoms with Gasteiger partial charge < -0.3 is 30.7 Å². The van der Waals surface area contributed by atoms with Gasteiger partial charge in [-0.05, 0) is 200 Å². The van der Waals surface area contributed by atoms with Crippen LogP contribution in [0.25, 0.3) is 44.8 Å². The molecular formula is C81H85ClN12O3. The second-order valence-corrected chi connectivity index (χ2v) is 26.2. The number of anilines is 4. The monoisotopic (exact) mass is 1310 g/mol. The minimum atomic E-state index is -0.0648. The van der Waals surface area contributed by atoms with Gasteiger partial charge in [0.25, 0.3) is 0 Å². The summed E-state index contributed by atoms with van der Waals surface area (Å²) in [5.41, 5.74) is 29.4. The van der Waals surface area contributed by atoms with Crippen molar-refractivity contribution in [2.24, 2.45) is 5.73 Å². The van der Waals surface area contributed by atoms with Crippen molar-refractivity contribution in [1.29, 1.82) is 0 Å². The topological polar surface area (TPSA) is 183 Å². The summed E-state index contributed by atoms with van der Waals surface area (Å²) in [5, 5.41) is 19.9. The Labute approximate surface area is 572 Å². The van der Waals surface area contributed by atoms with Crippen LogP contribution in [0.1, 0.15) is 130 Å². The van der Waals surface area contributed by atoms with Gasteiger partial charge in [-0.3, -0.25) is 18.0 Å². The molecule has 0 spiro atoms. The van der Waals surface area contributed by atoms with Crippen LogP contribution in [0, 0.1) is 48.5 Å². The molecule has 0 radical (unpaired) electrons. The summed E-state index contributed by atoms with van der Waals surface area (Å²) >= 11 is 6.06. The Morgan fingerprint density at radius 2 is 1.01 bits per heavy atom. The molecule has 0 aliphatic heterocycles. The number of rotatable bonds is 19. The fraction of sp³-hybridized carbons (Fsp3) is 0.259. The number of nitrogens with zero attached hydrogens (tertiary/aromatic N) is 8. The van der Waals surface area contributed by atoms with Crippen LogP contribution >= 0.6 is 11.6 Å². The normalized spacial score (nSPS) is 12.7. The second kappa shape index (κ2) is 30.1. The predicted octanol–water partition coefficient (Wildman–Crippen LogP) is 18.7. The second-order valence-electron chi connectivity index (χ2n) is 25.7. The lowest BCUT2D eigenvalue weighted by Crippen LogP contribution is -2.23. The minimum absolute atomic E-state index is 0.0648. The fourth-order valence-electron chi connectivity index (χ4n) is 13.0. The number of halogens is 1. The maximum atomic E-state index is 12.2. The number of imidazole rings is 3. The molecule has 0 saturated heterocycles. The van der Waals surface area contributed by atoms with E-state index < -0.39 is 0 Å². The number of aromatic nitrogens is 8. The molecule has 1 saturated carbocycles. The summed E-state index contributed by atoms with van der Waals surface area (Å²) in [4.78, 5) is 27.2. The minimum Gasteiger partial charge on any atom is -0.402 e. The first kappa shape index (κ1) is 66.5. The number of ketones is 1. The third-order valence-corrected chi connectivity index (χ3v) is 18.4. The molecule has 5 N–H and O–H groups in total. The number of nitrogens with one attached hydrogen (secondary N) is 3. The molecule has 0 amide bonds. The Bertz CT molecular complexity index is 4850. The van der Waals surface area contributed by atoms with Crippen LogP contribution in [0.4, 0.5) is 23.1 Å². The number of fused-ring (bicyclic) bond motifs is 3. The predicted molar refractivity (Wildman–Crippen MR) is 393 cm³/mol. The molecule has 8 heterocycles. The SMILES string of the molecule is CC(=O)C(=C(C)N)c1ccn2c(Nc3ccc(Cl)cc3)c(CCc3ccc(C)cc3)nc2c1.Cc1ccc(CCc2nc3cc(-c4c(C)noc4C)ccn3c2NCc2ccccc2)cc1.Cc1ccc(Cc2nc3cc(-c4c(C)noc4C)ccn3c2NC2CCCCC2)cc1. The number of carbonyl (C=O) groups excluding carboxylic acids is 1. The maximum Gasteiger partial charge on any atom is 0.162 e. The largest absolute Gasteiger partial charge is 0.402 e. The molecule has 13 aromatic rings. The number of carbonyl (C=O) groups is 1.